The average molecular weight is 255 g/mol. The zero-order valence-electron chi connectivity index (χ0n) is 11.7. The predicted octanol–water partition coefficient (Wildman–Crippen LogP) is 4.11. The second-order valence-corrected chi connectivity index (χ2v) is 5.12. The summed E-state index contributed by atoms with van der Waals surface area (Å²) in [6.45, 7) is 6.42. The molecule has 0 aliphatic heterocycles. The monoisotopic (exact) mass is 255 g/mol. The summed E-state index contributed by atoms with van der Waals surface area (Å²) in [6.07, 6.45) is 0. The summed E-state index contributed by atoms with van der Waals surface area (Å²) >= 11 is 0. The van der Waals surface area contributed by atoms with Crippen molar-refractivity contribution in [1.82, 2.24) is 5.32 Å². The van der Waals surface area contributed by atoms with Crippen LogP contribution in [0.3, 0.4) is 0 Å². The van der Waals surface area contributed by atoms with Crippen molar-refractivity contribution in [2.75, 3.05) is 0 Å². The average Bonchev–Trinajstić information content (AvgIpc) is 2.39. The van der Waals surface area contributed by atoms with Crippen LogP contribution in [0.4, 0.5) is 0 Å². The molecule has 0 amide bonds. The lowest BCUT2D eigenvalue weighted by Crippen LogP contribution is -2.22. The molecule has 100 valence electrons. The molecule has 2 N–H and O–H groups in total. The van der Waals surface area contributed by atoms with Crippen LogP contribution in [0, 0.1) is 6.92 Å². The summed E-state index contributed by atoms with van der Waals surface area (Å²) in [6, 6.07) is 16.5. The van der Waals surface area contributed by atoms with E-state index in [0.717, 1.165) is 0 Å². The number of rotatable bonds is 4. The summed E-state index contributed by atoms with van der Waals surface area (Å²) in [4.78, 5) is 0. The van der Waals surface area contributed by atoms with Gasteiger partial charge in [-0.15, -0.1) is 0 Å². The summed E-state index contributed by atoms with van der Waals surface area (Å²) in [5.41, 5.74) is 3.76. The molecule has 0 aromatic heterocycles. The molecule has 2 heteroatoms. The van der Waals surface area contributed by atoms with Gasteiger partial charge in [-0.3, -0.25) is 0 Å². The topological polar surface area (TPSA) is 32.3 Å². The summed E-state index contributed by atoms with van der Waals surface area (Å²) in [5, 5.41) is 12.9. The van der Waals surface area contributed by atoms with Crippen molar-refractivity contribution < 1.29 is 5.11 Å². The van der Waals surface area contributed by atoms with Crippen molar-refractivity contribution >= 4 is 0 Å². The number of hydrogen-bond donors (Lipinski definition) is 2. The van der Waals surface area contributed by atoms with Crippen LogP contribution in [0.5, 0.6) is 5.75 Å². The second kappa shape index (κ2) is 5.89. The van der Waals surface area contributed by atoms with E-state index in [1.54, 1.807) is 12.1 Å². The maximum absolute atomic E-state index is 9.31. The Morgan fingerprint density at radius 2 is 1.53 bits per heavy atom. The normalized spacial score (nSPS) is 14.1. The van der Waals surface area contributed by atoms with Crippen LogP contribution in [0.2, 0.25) is 0 Å². The molecule has 2 aromatic rings. The Bertz CT molecular complexity index is 533. The first-order valence-corrected chi connectivity index (χ1v) is 6.68. The lowest BCUT2D eigenvalue weighted by atomic mass is 10.0. The van der Waals surface area contributed by atoms with Gasteiger partial charge in [0.15, 0.2) is 0 Å². The van der Waals surface area contributed by atoms with Crippen LogP contribution in [0.1, 0.15) is 42.6 Å². The zero-order valence-corrected chi connectivity index (χ0v) is 11.7. The number of benzene rings is 2. The molecule has 0 saturated heterocycles. The van der Waals surface area contributed by atoms with Crippen LogP contribution in [-0.2, 0) is 0 Å². The molecule has 2 atom stereocenters. The predicted molar refractivity (Wildman–Crippen MR) is 79.3 cm³/mol. The molecule has 0 bridgehead atoms. The van der Waals surface area contributed by atoms with E-state index in [1.165, 1.54) is 16.7 Å². The highest BCUT2D eigenvalue weighted by Crippen LogP contribution is 2.21. The Balaban J connectivity index is 2.06. The standard InChI is InChI=1S/C17H21NO/c1-12-5-4-6-16(11-12)14(3)18-13(2)15-7-9-17(19)10-8-15/h4-11,13-14,18-19H,1-3H3/t13?,14-/m0/s1. The van der Waals surface area contributed by atoms with Crippen molar-refractivity contribution in [3.63, 3.8) is 0 Å². The lowest BCUT2D eigenvalue weighted by Gasteiger charge is -2.21. The maximum atomic E-state index is 9.31. The minimum Gasteiger partial charge on any atom is -0.508 e. The molecule has 0 aliphatic rings. The van der Waals surface area contributed by atoms with Crippen LogP contribution in [0.15, 0.2) is 48.5 Å². The van der Waals surface area contributed by atoms with E-state index >= 15 is 0 Å². The first-order chi connectivity index (χ1) is 9.06. The molecule has 0 spiro atoms. The fourth-order valence-electron chi connectivity index (χ4n) is 2.27. The molecule has 0 heterocycles. The molecule has 1 unspecified atom stereocenters. The number of hydrogen-bond acceptors (Lipinski definition) is 2. The van der Waals surface area contributed by atoms with Gasteiger partial charge in [-0.05, 0) is 44.0 Å². The molecule has 0 fully saturated rings. The highest BCUT2D eigenvalue weighted by Gasteiger charge is 2.11. The smallest absolute Gasteiger partial charge is 0.115 e. The first-order valence-electron chi connectivity index (χ1n) is 6.68. The van der Waals surface area contributed by atoms with Gasteiger partial charge >= 0.3 is 0 Å². The highest BCUT2D eigenvalue weighted by atomic mass is 16.3. The highest BCUT2D eigenvalue weighted by molar-refractivity contribution is 5.29. The third-order valence-corrected chi connectivity index (χ3v) is 3.44. The fraction of sp³-hybridized carbons (Fsp3) is 0.294. The van der Waals surface area contributed by atoms with E-state index < -0.39 is 0 Å². The molecule has 19 heavy (non-hydrogen) atoms. The van der Waals surface area contributed by atoms with Gasteiger partial charge in [0.2, 0.25) is 0 Å². The fourth-order valence-corrected chi connectivity index (χ4v) is 2.27. The molecular formula is C17H21NO. The van der Waals surface area contributed by atoms with Gasteiger partial charge in [-0.2, -0.15) is 0 Å². The molecule has 0 saturated carbocycles. The van der Waals surface area contributed by atoms with Gasteiger partial charge in [0, 0.05) is 12.1 Å². The van der Waals surface area contributed by atoms with Gasteiger partial charge in [-0.1, -0.05) is 42.0 Å². The molecule has 0 radical (unpaired) electrons. The van der Waals surface area contributed by atoms with Crippen molar-refractivity contribution in [2.45, 2.75) is 32.9 Å². The lowest BCUT2D eigenvalue weighted by molar-refractivity contribution is 0.472. The van der Waals surface area contributed by atoms with E-state index in [4.69, 9.17) is 0 Å². The largest absolute Gasteiger partial charge is 0.508 e. The summed E-state index contributed by atoms with van der Waals surface area (Å²) in [7, 11) is 0. The number of aryl methyl sites for hydroxylation is 1. The zero-order chi connectivity index (χ0) is 13.8. The number of phenols is 1. The van der Waals surface area contributed by atoms with E-state index in [0.29, 0.717) is 11.8 Å². The van der Waals surface area contributed by atoms with Gasteiger partial charge < -0.3 is 10.4 Å². The van der Waals surface area contributed by atoms with Gasteiger partial charge in [0.25, 0.3) is 0 Å². The molecular weight excluding hydrogens is 234 g/mol. The Morgan fingerprint density at radius 1 is 0.895 bits per heavy atom. The molecule has 2 nitrogen and oxygen atoms in total. The second-order valence-electron chi connectivity index (χ2n) is 5.12. The van der Waals surface area contributed by atoms with Crippen LogP contribution < -0.4 is 5.32 Å². The Kier molecular flexibility index (Phi) is 4.23. The summed E-state index contributed by atoms with van der Waals surface area (Å²) in [5.74, 6) is 0.308. The van der Waals surface area contributed by atoms with E-state index in [-0.39, 0.29) is 6.04 Å². The quantitative estimate of drug-likeness (QED) is 0.861. The minimum atomic E-state index is 0.246. The molecule has 2 rings (SSSR count). The summed E-state index contributed by atoms with van der Waals surface area (Å²) < 4.78 is 0. The Labute approximate surface area is 115 Å². The number of nitrogens with one attached hydrogen (secondary N) is 1. The van der Waals surface area contributed by atoms with E-state index in [9.17, 15) is 5.11 Å². The van der Waals surface area contributed by atoms with Gasteiger partial charge in [-0.25, -0.2) is 0 Å². The number of aromatic hydroxyl groups is 1. The first kappa shape index (κ1) is 13.6. The van der Waals surface area contributed by atoms with Crippen LogP contribution >= 0.6 is 0 Å². The van der Waals surface area contributed by atoms with Crippen molar-refractivity contribution in [3.05, 3.63) is 65.2 Å². The van der Waals surface area contributed by atoms with Gasteiger partial charge in [0.05, 0.1) is 0 Å². The Morgan fingerprint density at radius 3 is 2.16 bits per heavy atom. The SMILES string of the molecule is Cc1cccc([C@H](C)NC(C)c2ccc(O)cc2)c1. The van der Waals surface area contributed by atoms with Crippen molar-refractivity contribution in [3.8, 4) is 5.75 Å². The van der Waals surface area contributed by atoms with Crippen LogP contribution in [0.25, 0.3) is 0 Å². The molecule has 2 aromatic carbocycles. The third-order valence-electron chi connectivity index (χ3n) is 3.44. The minimum absolute atomic E-state index is 0.246. The van der Waals surface area contributed by atoms with E-state index in [2.05, 4.69) is 50.4 Å². The van der Waals surface area contributed by atoms with E-state index in [1.807, 2.05) is 12.1 Å². The van der Waals surface area contributed by atoms with Crippen molar-refractivity contribution in [1.29, 1.82) is 0 Å². The Hall–Kier alpha value is -1.80. The third kappa shape index (κ3) is 3.58. The molecule has 0 aliphatic carbocycles. The van der Waals surface area contributed by atoms with Crippen molar-refractivity contribution in [2.24, 2.45) is 0 Å². The van der Waals surface area contributed by atoms with Gasteiger partial charge in [0.1, 0.15) is 5.75 Å². The number of phenolic OH excluding ortho intramolecular Hbond substituents is 1. The maximum Gasteiger partial charge on any atom is 0.115 e. The van der Waals surface area contributed by atoms with Crippen LogP contribution in [-0.4, -0.2) is 5.11 Å².